The molecule has 3 aliphatic rings. The number of pyridine rings is 1. The van der Waals surface area contributed by atoms with Crippen LogP contribution in [0.4, 0.5) is 0 Å². The predicted molar refractivity (Wildman–Crippen MR) is 515 cm³/mol. The van der Waals surface area contributed by atoms with Crippen LogP contribution in [0.5, 0.6) is 0 Å². The number of hydrogen-bond donors (Lipinski definition) is 0. The van der Waals surface area contributed by atoms with Gasteiger partial charge in [-0.05, 0) is 180 Å². The molecule has 0 amide bonds. The van der Waals surface area contributed by atoms with Crippen molar-refractivity contribution in [3.8, 4) is 135 Å². The second kappa shape index (κ2) is 30.4. The maximum atomic E-state index is 5.36. The molecule has 0 saturated heterocycles. The fraction of sp³-hybridized carbons (Fsp3) is 0.155. The van der Waals surface area contributed by atoms with Gasteiger partial charge in [0.25, 0.3) is 0 Å². The lowest BCUT2D eigenvalue weighted by Crippen LogP contribution is -2.43. The van der Waals surface area contributed by atoms with E-state index in [1.807, 2.05) is 91.3 Å². The number of fused-ring (bicyclic) bond motifs is 14. The zero-order valence-electron chi connectivity index (χ0n) is 72.2. The minimum atomic E-state index is -0.0742. The maximum absolute atomic E-state index is 5.36. The molecule has 22 rings (SSSR count). The van der Waals surface area contributed by atoms with Gasteiger partial charge in [-0.2, -0.15) is 0 Å². The lowest BCUT2D eigenvalue weighted by molar-refractivity contribution is 0.299. The number of hydrogen-bond acceptors (Lipinski definition) is 8. The summed E-state index contributed by atoms with van der Waals surface area (Å²) >= 11 is 0. The summed E-state index contributed by atoms with van der Waals surface area (Å²) in [6.07, 6.45) is 3.66. The molecular weight excluding hydrogens is 1510 g/mol. The topological polar surface area (TPSA) is 103 Å². The van der Waals surface area contributed by atoms with Gasteiger partial charge in [0.05, 0.1) is 33.6 Å². The van der Waals surface area contributed by atoms with Crippen molar-refractivity contribution in [2.45, 2.75) is 116 Å². The van der Waals surface area contributed by atoms with E-state index in [1.165, 1.54) is 88.7 Å². The van der Waals surface area contributed by atoms with Crippen LogP contribution in [-0.4, -0.2) is 39.9 Å². The summed E-state index contributed by atoms with van der Waals surface area (Å²) in [5, 5.41) is 5.64. The molecule has 19 aromatic rings. The highest BCUT2D eigenvalue weighted by Crippen LogP contribution is 2.59. The Labute approximate surface area is 726 Å². The molecule has 0 N–H and O–H groups in total. The highest BCUT2D eigenvalue weighted by molar-refractivity contribution is 6.07. The summed E-state index contributed by atoms with van der Waals surface area (Å²) in [6.45, 7) is 28.5. The number of rotatable bonds is 9. The highest BCUT2D eigenvalue weighted by Gasteiger charge is 2.49. The lowest BCUT2D eigenvalue weighted by Gasteiger charge is -2.48. The summed E-state index contributed by atoms with van der Waals surface area (Å²) in [4.78, 5) is 40.1. The summed E-state index contributed by atoms with van der Waals surface area (Å²) in [5.41, 5.74) is 33.5. The first-order chi connectivity index (χ1) is 60.0. The lowest BCUT2D eigenvalue weighted by atomic mass is 9.55. The summed E-state index contributed by atoms with van der Waals surface area (Å²) in [5.74, 6) is 2.75. The highest BCUT2D eigenvalue weighted by atomic mass is 15.0. The Balaban J connectivity index is 0.000000118. The van der Waals surface area contributed by atoms with Crippen LogP contribution < -0.4 is 0 Å². The predicted octanol–water partition coefficient (Wildman–Crippen LogP) is 29.5. The van der Waals surface area contributed by atoms with E-state index < -0.39 is 0 Å². The van der Waals surface area contributed by atoms with Gasteiger partial charge in [0.2, 0.25) is 0 Å². The van der Waals surface area contributed by atoms with Crippen molar-refractivity contribution in [2.75, 3.05) is 0 Å². The van der Waals surface area contributed by atoms with Crippen LogP contribution in [0.2, 0.25) is 0 Å². The molecule has 4 aromatic heterocycles. The Morgan fingerprint density at radius 1 is 0.185 bits per heavy atom. The molecule has 0 bridgehead atoms. The fourth-order valence-corrected chi connectivity index (χ4v) is 19.5. The van der Waals surface area contributed by atoms with Crippen LogP contribution in [0, 0.1) is 0 Å². The normalized spacial score (nSPS) is 14.8. The molecule has 0 fully saturated rings. The molecule has 15 aromatic carbocycles. The Morgan fingerprint density at radius 2 is 0.581 bits per heavy atom. The first-order valence-electron chi connectivity index (χ1n) is 43.2. The number of nitrogens with zero attached hydrogens (tertiary/aromatic N) is 8. The number of aromatic nitrogens is 8. The van der Waals surface area contributed by atoms with E-state index in [-0.39, 0.29) is 32.5 Å². The third kappa shape index (κ3) is 13.0. The molecule has 0 spiro atoms. The Morgan fingerprint density at radius 3 is 1.18 bits per heavy atom. The smallest absolute Gasteiger partial charge is 0.164 e. The van der Waals surface area contributed by atoms with Gasteiger partial charge in [0.1, 0.15) is 0 Å². The van der Waals surface area contributed by atoms with Crippen molar-refractivity contribution in [3.05, 3.63) is 398 Å². The van der Waals surface area contributed by atoms with Gasteiger partial charge in [0.15, 0.2) is 23.3 Å². The van der Waals surface area contributed by atoms with Gasteiger partial charge in [-0.1, -0.05) is 392 Å². The molecule has 4 heterocycles. The SMILES string of the molecule is CC1(C)c2ccccc2-c2c(-c3nc(-c4ccc(-c5ccncc5)cc4)c4ccccc4n3)cccc2C1(C)C.CC1(C)c2ccccc2-c2cc(-c3ccc(-c4nc(-c5ccccc5)nc(-c5ccccc5)n4)c4ccccc34)ccc2C1(C)C.CC1(C)c2ccccc2-c2cc(-c3nc4c(ccc5ccccc54)nc3-c3ccccc3)ccc2C1(C)C. The fourth-order valence-electron chi connectivity index (χ4n) is 19.5. The molecule has 0 atom stereocenters. The Bertz CT molecular complexity index is 7330. The molecule has 600 valence electrons. The van der Waals surface area contributed by atoms with E-state index in [0.29, 0.717) is 17.5 Å². The van der Waals surface area contributed by atoms with Gasteiger partial charge in [-0.25, -0.2) is 34.9 Å². The van der Waals surface area contributed by atoms with E-state index in [4.69, 9.17) is 34.9 Å². The third-order valence-corrected chi connectivity index (χ3v) is 28.5. The van der Waals surface area contributed by atoms with E-state index in [2.05, 4.69) is 361 Å². The van der Waals surface area contributed by atoms with Crippen molar-refractivity contribution < 1.29 is 0 Å². The zero-order valence-corrected chi connectivity index (χ0v) is 72.2. The number of benzene rings is 15. The Kier molecular flexibility index (Phi) is 19.2. The first kappa shape index (κ1) is 78.2. The molecule has 3 aliphatic carbocycles. The van der Waals surface area contributed by atoms with Crippen molar-refractivity contribution in [1.29, 1.82) is 0 Å². The van der Waals surface area contributed by atoms with Gasteiger partial charge in [-0.15, -0.1) is 0 Å². The number of para-hydroxylation sites is 1. The summed E-state index contributed by atoms with van der Waals surface area (Å²) in [7, 11) is 0. The van der Waals surface area contributed by atoms with Crippen molar-refractivity contribution >= 4 is 43.5 Å². The van der Waals surface area contributed by atoms with Crippen LogP contribution in [-0.2, 0) is 32.5 Å². The van der Waals surface area contributed by atoms with E-state index >= 15 is 0 Å². The average molecular weight is 1600 g/mol. The van der Waals surface area contributed by atoms with Gasteiger partial charge in [-0.3, -0.25) is 4.98 Å². The molecule has 0 unspecified atom stereocenters. The molecule has 8 heteroatoms. The molecule has 8 nitrogen and oxygen atoms in total. The van der Waals surface area contributed by atoms with Crippen LogP contribution in [0.15, 0.2) is 364 Å². The van der Waals surface area contributed by atoms with Crippen molar-refractivity contribution in [1.82, 2.24) is 39.9 Å². The van der Waals surface area contributed by atoms with Crippen LogP contribution in [0.25, 0.3) is 178 Å². The monoisotopic (exact) mass is 1600 g/mol. The zero-order chi connectivity index (χ0) is 85.0. The minimum Gasteiger partial charge on any atom is -0.265 e. The molecule has 0 saturated carbocycles. The van der Waals surface area contributed by atoms with E-state index in [1.54, 1.807) is 0 Å². The minimum absolute atomic E-state index is 0.00814. The maximum Gasteiger partial charge on any atom is 0.164 e. The second-order valence-electron chi connectivity index (χ2n) is 36.5. The van der Waals surface area contributed by atoms with Gasteiger partial charge < -0.3 is 0 Å². The quantitative estimate of drug-likeness (QED) is 0.132. The largest absolute Gasteiger partial charge is 0.265 e. The van der Waals surface area contributed by atoms with Gasteiger partial charge in [0, 0.05) is 62.1 Å². The molecule has 124 heavy (non-hydrogen) atoms. The average Bonchev–Trinajstić information content (AvgIpc) is 0.706. The van der Waals surface area contributed by atoms with Crippen LogP contribution in [0.1, 0.15) is 116 Å². The van der Waals surface area contributed by atoms with E-state index in [0.717, 1.165) is 106 Å². The molecule has 0 radical (unpaired) electrons. The Hall–Kier alpha value is -14.3. The van der Waals surface area contributed by atoms with Crippen LogP contribution in [0.3, 0.4) is 0 Å². The van der Waals surface area contributed by atoms with Crippen molar-refractivity contribution in [3.63, 3.8) is 0 Å². The first-order valence-corrected chi connectivity index (χ1v) is 43.2. The van der Waals surface area contributed by atoms with Crippen LogP contribution >= 0.6 is 0 Å². The summed E-state index contributed by atoms with van der Waals surface area (Å²) in [6, 6.07) is 125. The molecule has 0 aliphatic heterocycles. The standard InChI is InChI=1S/C43H35N3.C37H31N3.C36H30N2/c1-42(2)37-22-14-13-21-34(37)36-27-30(23-26-38(36)43(42,3)4)31-24-25-35(33-20-12-11-19-32(31)33)41-45-39(28-15-7-5-8-16-28)44-40(46-41)29-17-9-6-10-18-29;1-36(2)30-13-7-5-10-27(30)33-29(12-9-14-31(33)37(36,3)4)35-39-32-15-8-6-11-28(32)34(40-35)26-18-16-24(17-19-26)25-20-22-38-23-21-25;1-35(2)29-17-11-10-16-27(29)28-22-25(18-20-30(28)36(35,3)4)33-32(24-13-6-5-7-14-24)37-31-21-19-23-12-8-9-15-26(23)34(31)38-33/h5-27H,1-4H3;5-23H,1-4H3;5-22H,1-4H3. The third-order valence-electron chi connectivity index (χ3n) is 28.5. The second-order valence-corrected chi connectivity index (χ2v) is 36.5. The van der Waals surface area contributed by atoms with E-state index in [9.17, 15) is 0 Å². The van der Waals surface area contributed by atoms with Crippen molar-refractivity contribution in [2.24, 2.45) is 0 Å². The molecular formula is C116H96N8. The van der Waals surface area contributed by atoms with Gasteiger partial charge >= 0.3 is 0 Å². The summed E-state index contributed by atoms with van der Waals surface area (Å²) < 4.78 is 0.